The molecule has 0 atom stereocenters. The van der Waals surface area contributed by atoms with Crippen LogP contribution in [0.15, 0.2) is 12.1 Å². The van der Waals surface area contributed by atoms with Crippen molar-refractivity contribution in [2.75, 3.05) is 5.73 Å². The Morgan fingerprint density at radius 2 is 2.07 bits per heavy atom. The minimum absolute atomic E-state index is 0.698. The summed E-state index contributed by atoms with van der Waals surface area (Å²) in [4.78, 5) is 9.38. The first-order valence-corrected chi connectivity index (χ1v) is 3.60. The number of nitro groups is 1. The molecule has 0 saturated heterocycles. The van der Waals surface area contributed by atoms with Crippen LogP contribution in [0.2, 0.25) is 0 Å². The van der Waals surface area contributed by atoms with Crippen LogP contribution in [-0.2, 0) is 0 Å². The maximum atomic E-state index is 12.8. The van der Waals surface area contributed by atoms with Crippen LogP contribution in [0, 0.1) is 15.9 Å². The fourth-order valence-corrected chi connectivity index (χ4v) is 0.921. The maximum absolute atomic E-state index is 12.8. The molecule has 5 nitrogen and oxygen atoms in total. The Labute approximate surface area is 81.4 Å². The second-order valence-corrected chi connectivity index (χ2v) is 2.44. The minimum atomic E-state index is -3.31. The summed E-state index contributed by atoms with van der Waals surface area (Å²) >= 11 is 0. The number of benzene rings is 1. The van der Waals surface area contributed by atoms with Crippen molar-refractivity contribution in [3.8, 4) is 5.75 Å². The molecule has 0 heterocycles. The standard InChI is InChI=1S/C7H5F3N2O3/c8-3-1-2-4(12(13)14)6(5(3)11)15-7(9)10/h1-2,7H,11H2. The Kier molecular flexibility index (Phi) is 2.98. The summed E-state index contributed by atoms with van der Waals surface area (Å²) in [5.41, 5.74) is 3.41. The van der Waals surface area contributed by atoms with Gasteiger partial charge in [0, 0.05) is 6.07 Å². The van der Waals surface area contributed by atoms with Gasteiger partial charge in [-0.05, 0) is 6.07 Å². The molecule has 0 fully saturated rings. The predicted molar refractivity (Wildman–Crippen MR) is 44.1 cm³/mol. The van der Waals surface area contributed by atoms with Crippen LogP contribution in [0.4, 0.5) is 24.5 Å². The number of hydrogen-bond acceptors (Lipinski definition) is 4. The third-order valence-corrected chi connectivity index (χ3v) is 1.53. The lowest BCUT2D eigenvalue weighted by Crippen LogP contribution is -2.08. The first-order chi connectivity index (χ1) is 6.93. The lowest BCUT2D eigenvalue weighted by Gasteiger charge is -2.08. The second kappa shape index (κ2) is 4.03. The highest BCUT2D eigenvalue weighted by Crippen LogP contribution is 2.35. The van der Waals surface area contributed by atoms with E-state index in [1.54, 1.807) is 0 Å². The zero-order valence-electron chi connectivity index (χ0n) is 7.12. The minimum Gasteiger partial charge on any atom is -0.425 e. The van der Waals surface area contributed by atoms with E-state index in [1.807, 2.05) is 0 Å². The molecule has 0 saturated carbocycles. The number of nitro benzene ring substituents is 1. The third-order valence-electron chi connectivity index (χ3n) is 1.53. The van der Waals surface area contributed by atoms with Gasteiger partial charge < -0.3 is 10.5 Å². The van der Waals surface area contributed by atoms with Gasteiger partial charge in [0.25, 0.3) is 0 Å². The van der Waals surface area contributed by atoms with Gasteiger partial charge in [-0.1, -0.05) is 0 Å². The Hall–Kier alpha value is -1.99. The Bertz CT molecular complexity index is 397. The molecule has 82 valence electrons. The molecule has 0 aliphatic rings. The molecular formula is C7H5F3N2O3. The number of ether oxygens (including phenoxy) is 1. The van der Waals surface area contributed by atoms with Crippen molar-refractivity contribution in [1.82, 2.24) is 0 Å². The fourth-order valence-electron chi connectivity index (χ4n) is 0.921. The van der Waals surface area contributed by atoms with Crippen LogP contribution < -0.4 is 10.5 Å². The van der Waals surface area contributed by atoms with Gasteiger partial charge in [0.15, 0.2) is 0 Å². The van der Waals surface area contributed by atoms with Crippen LogP contribution in [0.25, 0.3) is 0 Å². The van der Waals surface area contributed by atoms with Crippen molar-refractivity contribution in [3.63, 3.8) is 0 Å². The quantitative estimate of drug-likeness (QED) is 0.481. The molecule has 0 bridgehead atoms. The molecule has 0 radical (unpaired) electrons. The van der Waals surface area contributed by atoms with Crippen LogP contribution in [0.5, 0.6) is 5.75 Å². The Morgan fingerprint density at radius 3 is 2.53 bits per heavy atom. The zero-order valence-corrected chi connectivity index (χ0v) is 7.12. The predicted octanol–water partition coefficient (Wildman–Crippen LogP) is 1.92. The second-order valence-electron chi connectivity index (χ2n) is 2.44. The van der Waals surface area contributed by atoms with E-state index in [4.69, 9.17) is 5.73 Å². The van der Waals surface area contributed by atoms with Gasteiger partial charge in [-0.15, -0.1) is 0 Å². The van der Waals surface area contributed by atoms with Gasteiger partial charge in [-0.2, -0.15) is 8.78 Å². The van der Waals surface area contributed by atoms with E-state index in [9.17, 15) is 23.3 Å². The summed E-state index contributed by atoms with van der Waals surface area (Å²) in [7, 11) is 0. The number of nitrogens with two attached hydrogens (primary N) is 1. The molecule has 0 amide bonds. The van der Waals surface area contributed by atoms with Crippen molar-refractivity contribution in [3.05, 3.63) is 28.1 Å². The lowest BCUT2D eigenvalue weighted by molar-refractivity contribution is -0.386. The molecule has 1 aromatic carbocycles. The van der Waals surface area contributed by atoms with Crippen molar-refractivity contribution < 1.29 is 22.8 Å². The maximum Gasteiger partial charge on any atom is 0.387 e. The number of hydrogen-bond donors (Lipinski definition) is 1. The molecule has 0 spiro atoms. The summed E-state index contributed by atoms with van der Waals surface area (Å²) in [6, 6.07) is 1.40. The van der Waals surface area contributed by atoms with E-state index in [0.29, 0.717) is 12.1 Å². The SMILES string of the molecule is Nc1c(F)ccc([N+](=O)[O-])c1OC(F)F. The molecule has 15 heavy (non-hydrogen) atoms. The van der Waals surface area contributed by atoms with E-state index in [1.165, 1.54) is 0 Å². The van der Waals surface area contributed by atoms with Gasteiger partial charge in [0.1, 0.15) is 11.5 Å². The molecule has 0 aliphatic carbocycles. The Balaban J connectivity index is 3.28. The summed E-state index contributed by atoms with van der Waals surface area (Å²) in [6.07, 6.45) is 0. The Morgan fingerprint density at radius 1 is 1.47 bits per heavy atom. The van der Waals surface area contributed by atoms with E-state index in [2.05, 4.69) is 4.74 Å². The molecule has 0 unspecified atom stereocenters. The zero-order chi connectivity index (χ0) is 11.6. The van der Waals surface area contributed by atoms with Crippen molar-refractivity contribution in [2.45, 2.75) is 6.61 Å². The van der Waals surface area contributed by atoms with Gasteiger partial charge >= 0.3 is 12.3 Å². The van der Waals surface area contributed by atoms with E-state index in [0.717, 1.165) is 0 Å². The summed E-state index contributed by atoms with van der Waals surface area (Å²) in [6.45, 7) is -3.31. The molecule has 8 heteroatoms. The van der Waals surface area contributed by atoms with Crippen molar-refractivity contribution >= 4 is 11.4 Å². The lowest BCUT2D eigenvalue weighted by atomic mass is 10.2. The average Bonchev–Trinajstić information content (AvgIpc) is 2.12. The summed E-state index contributed by atoms with van der Waals surface area (Å²) < 4.78 is 40.3. The fraction of sp³-hybridized carbons (Fsp3) is 0.143. The van der Waals surface area contributed by atoms with Gasteiger partial charge in [-0.25, -0.2) is 4.39 Å². The van der Waals surface area contributed by atoms with Crippen LogP contribution in [0.1, 0.15) is 0 Å². The highest BCUT2D eigenvalue weighted by molar-refractivity contribution is 5.64. The average molecular weight is 222 g/mol. The monoisotopic (exact) mass is 222 g/mol. The smallest absolute Gasteiger partial charge is 0.387 e. The first kappa shape index (κ1) is 11.1. The van der Waals surface area contributed by atoms with E-state index < -0.39 is 34.5 Å². The number of rotatable bonds is 3. The van der Waals surface area contributed by atoms with Gasteiger partial charge in [-0.3, -0.25) is 10.1 Å². The summed E-state index contributed by atoms with van der Waals surface area (Å²) in [5, 5.41) is 10.4. The number of anilines is 1. The number of alkyl halides is 2. The number of nitrogen functional groups attached to an aromatic ring is 1. The van der Waals surface area contributed by atoms with Crippen LogP contribution in [-0.4, -0.2) is 11.5 Å². The molecule has 0 aliphatic heterocycles. The molecule has 0 aromatic heterocycles. The third kappa shape index (κ3) is 2.27. The van der Waals surface area contributed by atoms with Crippen molar-refractivity contribution in [1.29, 1.82) is 0 Å². The van der Waals surface area contributed by atoms with Gasteiger partial charge in [0.2, 0.25) is 5.75 Å². The van der Waals surface area contributed by atoms with Gasteiger partial charge in [0.05, 0.1) is 4.92 Å². The number of halogens is 3. The largest absolute Gasteiger partial charge is 0.425 e. The molecule has 1 aromatic rings. The highest BCUT2D eigenvalue weighted by Gasteiger charge is 2.23. The molecule has 1 rings (SSSR count). The van der Waals surface area contributed by atoms with Crippen LogP contribution in [0.3, 0.4) is 0 Å². The first-order valence-electron chi connectivity index (χ1n) is 3.60. The highest BCUT2D eigenvalue weighted by atomic mass is 19.3. The van der Waals surface area contributed by atoms with E-state index in [-0.39, 0.29) is 0 Å². The number of nitrogens with zero attached hydrogens (tertiary/aromatic N) is 1. The molecular weight excluding hydrogens is 217 g/mol. The van der Waals surface area contributed by atoms with E-state index >= 15 is 0 Å². The molecule has 2 N–H and O–H groups in total. The van der Waals surface area contributed by atoms with Crippen molar-refractivity contribution in [2.24, 2.45) is 0 Å². The van der Waals surface area contributed by atoms with Crippen LogP contribution >= 0.6 is 0 Å². The normalized spacial score (nSPS) is 10.4. The summed E-state index contributed by atoms with van der Waals surface area (Å²) in [5.74, 6) is -2.02. The topological polar surface area (TPSA) is 78.4 Å².